The van der Waals surface area contributed by atoms with Crippen LogP contribution in [0.5, 0.6) is 0 Å². The van der Waals surface area contributed by atoms with Crippen LogP contribution in [0.1, 0.15) is 265 Å². The van der Waals surface area contributed by atoms with E-state index in [1.54, 1.807) is 0 Å². The fourth-order valence-corrected chi connectivity index (χ4v) is 7.30. The summed E-state index contributed by atoms with van der Waals surface area (Å²) < 4.78 is 16.7. The molecule has 0 spiro atoms. The van der Waals surface area contributed by atoms with Crippen molar-refractivity contribution in [3.63, 3.8) is 0 Å². The van der Waals surface area contributed by atoms with Crippen LogP contribution in [-0.2, 0) is 28.6 Å². The summed E-state index contributed by atoms with van der Waals surface area (Å²) >= 11 is 0. The van der Waals surface area contributed by atoms with Crippen molar-refractivity contribution in [1.82, 2.24) is 0 Å². The molecule has 0 aliphatic carbocycles. The summed E-state index contributed by atoms with van der Waals surface area (Å²) in [6, 6.07) is 0. The molecule has 1 unspecified atom stereocenters. The number of rotatable bonds is 46. The number of ether oxygens (including phenoxy) is 3. The van der Waals surface area contributed by atoms with Gasteiger partial charge in [0.05, 0.1) is 0 Å². The summed E-state index contributed by atoms with van der Waals surface area (Å²) in [4.78, 5) is 37.8. The fourth-order valence-electron chi connectivity index (χ4n) is 7.30. The van der Waals surface area contributed by atoms with Gasteiger partial charge in [-0.15, -0.1) is 0 Å². The maximum atomic E-state index is 12.8. The predicted molar refractivity (Wildman–Crippen MR) is 252 cm³/mol. The van der Waals surface area contributed by atoms with E-state index in [9.17, 15) is 14.4 Å². The first-order chi connectivity index (χ1) is 29.0. The maximum absolute atomic E-state index is 12.8. The zero-order chi connectivity index (χ0) is 43.0. The largest absolute Gasteiger partial charge is 0.462 e. The number of carbonyl (C=O) groups excluding carboxylic acids is 3. The predicted octanol–water partition coefficient (Wildman–Crippen LogP) is 16.5. The van der Waals surface area contributed by atoms with Crippen molar-refractivity contribution in [1.29, 1.82) is 0 Å². The van der Waals surface area contributed by atoms with Crippen LogP contribution in [0, 0.1) is 0 Å². The Morgan fingerprint density at radius 2 is 0.661 bits per heavy atom. The molecule has 0 aromatic carbocycles. The molecule has 344 valence electrons. The number of hydrogen-bond acceptors (Lipinski definition) is 6. The molecule has 0 saturated carbocycles. The van der Waals surface area contributed by atoms with E-state index in [1.807, 2.05) is 0 Å². The first-order valence-corrected chi connectivity index (χ1v) is 25.5. The van der Waals surface area contributed by atoms with Crippen molar-refractivity contribution in [3.05, 3.63) is 36.5 Å². The standard InChI is InChI=1S/C53H96O6/c1-4-7-10-13-16-19-21-23-25-27-29-31-34-37-40-43-46-52(55)58-49-50(48-57-51(54)45-42-39-36-33-18-15-12-9-6-3)59-53(56)47-44-41-38-35-32-30-28-26-24-22-20-17-14-11-8-5-2/h9,12,18,25,27,33,50H,4-8,10-11,13-17,19-24,26,28-32,34-49H2,1-3H3/b12-9-,27-25-,33-18-. The van der Waals surface area contributed by atoms with E-state index in [-0.39, 0.29) is 31.1 Å². The number of allylic oxidation sites excluding steroid dienone is 6. The molecule has 1 atom stereocenters. The lowest BCUT2D eigenvalue weighted by Gasteiger charge is -2.18. The van der Waals surface area contributed by atoms with Gasteiger partial charge in [0.1, 0.15) is 13.2 Å². The van der Waals surface area contributed by atoms with Crippen LogP contribution < -0.4 is 0 Å². The molecule has 6 nitrogen and oxygen atoms in total. The van der Waals surface area contributed by atoms with Crippen molar-refractivity contribution in [2.75, 3.05) is 13.2 Å². The lowest BCUT2D eigenvalue weighted by molar-refractivity contribution is -0.167. The highest BCUT2D eigenvalue weighted by Crippen LogP contribution is 2.16. The Balaban J connectivity index is 4.32. The number of carbonyl (C=O) groups is 3. The van der Waals surface area contributed by atoms with E-state index in [4.69, 9.17) is 14.2 Å². The van der Waals surface area contributed by atoms with Crippen molar-refractivity contribution in [2.24, 2.45) is 0 Å². The third kappa shape index (κ3) is 46.5. The second kappa shape index (κ2) is 48.3. The zero-order valence-corrected chi connectivity index (χ0v) is 39.3. The van der Waals surface area contributed by atoms with Gasteiger partial charge >= 0.3 is 17.9 Å². The molecule has 0 aromatic rings. The van der Waals surface area contributed by atoms with Gasteiger partial charge in [-0.25, -0.2) is 0 Å². The van der Waals surface area contributed by atoms with Crippen LogP contribution in [-0.4, -0.2) is 37.2 Å². The van der Waals surface area contributed by atoms with E-state index in [1.165, 1.54) is 148 Å². The van der Waals surface area contributed by atoms with E-state index in [2.05, 4.69) is 57.2 Å². The summed E-state index contributed by atoms with van der Waals surface area (Å²) in [7, 11) is 0. The molecular weight excluding hydrogens is 733 g/mol. The minimum absolute atomic E-state index is 0.0841. The molecule has 0 aliphatic heterocycles. The van der Waals surface area contributed by atoms with Crippen LogP contribution in [0.25, 0.3) is 0 Å². The molecule has 0 aromatic heterocycles. The van der Waals surface area contributed by atoms with Crippen LogP contribution in [0.4, 0.5) is 0 Å². The molecule has 59 heavy (non-hydrogen) atoms. The van der Waals surface area contributed by atoms with Gasteiger partial charge in [-0.1, -0.05) is 211 Å². The second-order valence-electron chi connectivity index (χ2n) is 17.1. The third-order valence-corrected chi connectivity index (χ3v) is 11.1. The Hall–Kier alpha value is -2.37. The topological polar surface area (TPSA) is 78.9 Å². The Kier molecular flexibility index (Phi) is 46.4. The van der Waals surface area contributed by atoms with Gasteiger partial charge in [-0.05, 0) is 70.6 Å². The van der Waals surface area contributed by atoms with E-state index in [0.29, 0.717) is 19.3 Å². The van der Waals surface area contributed by atoms with Gasteiger partial charge in [-0.2, -0.15) is 0 Å². The van der Waals surface area contributed by atoms with Crippen LogP contribution in [0.2, 0.25) is 0 Å². The third-order valence-electron chi connectivity index (χ3n) is 11.1. The minimum atomic E-state index is -0.783. The molecule has 0 aliphatic rings. The first kappa shape index (κ1) is 56.6. The van der Waals surface area contributed by atoms with Gasteiger partial charge in [0.15, 0.2) is 6.10 Å². The normalized spacial score (nSPS) is 12.3. The van der Waals surface area contributed by atoms with Gasteiger partial charge < -0.3 is 14.2 Å². The van der Waals surface area contributed by atoms with Gasteiger partial charge in [0, 0.05) is 19.3 Å². The average molecular weight is 829 g/mol. The molecule has 0 saturated heterocycles. The lowest BCUT2D eigenvalue weighted by atomic mass is 10.0. The highest BCUT2D eigenvalue weighted by Gasteiger charge is 2.19. The molecule has 6 heteroatoms. The van der Waals surface area contributed by atoms with E-state index in [0.717, 1.165) is 77.0 Å². The Morgan fingerprint density at radius 1 is 0.356 bits per heavy atom. The van der Waals surface area contributed by atoms with Crippen molar-refractivity contribution in [2.45, 2.75) is 271 Å². The van der Waals surface area contributed by atoms with Gasteiger partial charge in [0.25, 0.3) is 0 Å². The average Bonchev–Trinajstić information content (AvgIpc) is 3.23. The maximum Gasteiger partial charge on any atom is 0.306 e. The summed E-state index contributed by atoms with van der Waals surface area (Å²) in [5.41, 5.74) is 0. The highest BCUT2D eigenvalue weighted by molar-refractivity contribution is 5.71. The minimum Gasteiger partial charge on any atom is -0.462 e. The van der Waals surface area contributed by atoms with Crippen LogP contribution in [0.3, 0.4) is 0 Å². The quantitative estimate of drug-likeness (QED) is 0.0263. The van der Waals surface area contributed by atoms with E-state index < -0.39 is 6.10 Å². The molecule has 0 N–H and O–H groups in total. The molecule has 0 amide bonds. The number of unbranched alkanes of at least 4 members (excludes halogenated alkanes) is 29. The SMILES string of the molecule is CC/C=C\C/C=C\CCCCC(=O)OCC(COC(=O)CCCCCCC/C=C\CCCCCCCCC)OC(=O)CCCCCCCCCCCCCCCCCC. The fraction of sp³-hybridized carbons (Fsp3) is 0.830. The first-order valence-electron chi connectivity index (χ1n) is 25.5. The molecule has 0 heterocycles. The van der Waals surface area contributed by atoms with Gasteiger partial charge in [0.2, 0.25) is 0 Å². The summed E-state index contributed by atoms with van der Waals surface area (Å²) in [6.45, 7) is 6.49. The smallest absolute Gasteiger partial charge is 0.306 e. The van der Waals surface area contributed by atoms with Crippen molar-refractivity contribution < 1.29 is 28.6 Å². The molecule has 0 bridgehead atoms. The highest BCUT2D eigenvalue weighted by atomic mass is 16.6. The van der Waals surface area contributed by atoms with Gasteiger partial charge in [-0.3, -0.25) is 14.4 Å². The Labute approximate surface area is 365 Å². The summed E-state index contributed by atoms with van der Waals surface area (Å²) in [5, 5.41) is 0. The Bertz CT molecular complexity index is 1000. The van der Waals surface area contributed by atoms with Crippen molar-refractivity contribution in [3.8, 4) is 0 Å². The van der Waals surface area contributed by atoms with Crippen LogP contribution >= 0.6 is 0 Å². The molecule has 0 radical (unpaired) electrons. The lowest BCUT2D eigenvalue weighted by Crippen LogP contribution is -2.30. The summed E-state index contributed by atoms with van der Waals surface area (Å²) in [6.07, 6.45) is 55.7. The Morgan fingerprint density at radius 3 is 1.07 bits per heavy atom. The number of esters is 3. The number of hydrogen-bond donors (Lipinski definition) is 0. The molecule has 0 rings (SSSR count). The van der Waals surface area contributed by atoms with E-state index >= 15 is 0 Å². The second-order valence-corrected chi connectivity index (χ2v) is 17.1. The summed E-state index contributed by atoms with van der Waals surface area (Å²) in [5.74, 6) is -0.920. The van der Waals surface area contributed by atoms with Crippen LogP contribution in [0.15, 0.2) is 36.5 Å². The van der Waals surface area contributed by atoms with Crippen molar-refractivity contribution >= 4 is 17.9 Å². The molecule has 0 fully saturated rings. The monoisotopic (exact) mass is 829 g/mol. The zero-order valence-electron chi connectivity index (χ0n) is 39.3. The molecular formula is C53H96O6.